The Morgan fingerprint density at radius 2 is 1.71 bits per heavy atom. The van der Waals surface area contributed by atoms with Gasteiger partial charge in [0.2, 0.25) is 0 Å². The first-order valence-electron chi connectivity index (χ1n) is 8.98. The molecule has 0 fully saturated rings. The van der Waals surface area contributed by atoms with Gasteiger partial charge < -0.3 is 4.74 Å². The lowest BCUT2D eigenvalue weighted by Crippen LogP contribution is -2.14. The van der Waals surface area contributed by atoms with Crippen molar-refractivity contribution in [2.24, 2.45) is 0 Å². The summed E-state index contributed by atoms with van der Waals surface area (Å²) < 4.78 is 44.5. The first-order valence-corrected chi connectivity index (χ1v) is 9.97. The van der Waals surface area contributed by atoms with Crippen molar-refractivity contribution in [1.29, 1.82) is 0 Å². The number of alkyl halides is 3. The maximum absolute atomic E-state index is 13.0. The molecular weight excluding hydrogens is 389 g/mol. The van der Waals surface area contributed by atoms with Crippen LogP contribution in [0.5, 0.6) is 5.75 Å². The van der Waals surface area contributed by atoms with Crippen molar-refractivity contribution >= 4 is 23.3 Å². The second-order valence-corrected chi connectivity index (χ2v) is 6.88. The first-order chi connectivity index (χ1) is 13.4. The van der Waals surface area contributed by atoms with Crippen LogP contribution in [-0.4, -0.2) is 23.9 Å². The molecule has 1 heterocycles. The molecule has 0 radical (unpaired) electrons. The van der Waals surface area contributed by atoms with Gasteiger partial charge in [-0.05, 0) is 18.2 Å². The van der Waals surface area contributed by atoms with Crippen LogP contribution in [0.4, 0.5) is 13.2 Å². The van der Waals surface area contributed by atoms with Gasteiger partial charge in [0.1, 0.15) is 5.75 Å². The van der Waals surface area contributed by atoms with E-state index in [9.17, 15) is 22.8 Å². The number of hydrogen-bond acceptors (Lipinski definition) is 4. The summed E-state index contributed by atoms with van der Waals surface area (Å²) in [7, 11) is 0. The Morgan fingerprint density at radius 3 is 2.43 bits per heavy atom. The second-order valence-electron chi connectivity index (χ2n) is 5.75. The van der Waals surface area contributed by atoms with E-state index in [-0.39, 0.29) is 18.6 Å². The molecule has 0 N–H and O–H groups in total. The number of hydrogen-bond donors (Lipinski definition) is 0. The number of halogens is 3. The molecule has 0 saturated heterocycles. The van der Waals surface area contributed by atoms with Crippen molar-refractivity contribution in [1.82, 2.24) is 0 Å². The third-order valence-electron chi connectivity index (χ3n) is 3.98. The number of carbonyl (C=O) groups is 2. The average molecular weight is 410 g/mol. The molecule has 1 aliphatic rings. The second kappa shape index (κ2) is 9.78. The molecular formula is C21H21F3O3S. The van der Waals surface area contributed by atoms with Gasteiger partial charge in [-0.1, -0.05) is 38.1 Å². The van der Waals surface area contributed by atoms with E-state index in [4.69, 9.17) is 4.74 Å². The topological polar surface area (TPSA) is 43.4 Å². The number of Topliss-reactive ketones (excluding diaryl/α,β-unsaturated/α-hetero) is 2. The highest BCUT2D eigenvalue weighted by molar-refractivity contribution is 7.99. The van der Waals surface area contributed by atoms with Crippen LogP contribution in [0.25, 0.3) is 0 Å². The number of rotatable bonds is 5. The van der Waals surface area contributed by atoms with Gasteiger partial charge in [0.15, 0.2) is 11.6 Å². The Balaban J connectivity index is 0.00000136. The van der Waals surface area contributed by atoms with Crippen LogP contribution in [0.15, 0.2) is 47.4 Å². The minimum Gasteiger partial charge on any atom is -0.492 e. The van der Waals surface area contributed by atoms with E-state index in [0.717, 1.165) is 22.8 Å². The van der Waals surface area contributed by atoms with E-state index in [0.29, 0.717) is 17.9 Å². The molecule has 1 aliphatic heterocycles. The highest BCUT2D eigenvalue weighted by atomic mass is 32.2. The van der Waals surface area contributed by atoms with Gasteiger partial charge in [-0.25, -0.2) is 0 Å². The number of thioether (sulfide) groups is 1. The number of benzene rings is 2. The zero-order valence-corrected chi connectivity index (χ0v) is 16.5. The van der Waals surface area contributed by atoms with Crippen molar-refractivity contribution < 1.29 is 27.5 Å². The summed E-state index contributed by atoms with van der Waals surface area (Å²) in [5.41, 5.74) is -0.988. The first kappa shape index (κ1) is 22.0. The van der Waals surface area contributed by atoms with Gasteiger partial charge >= 0.3 is 6.18 Å². The van der Waals surface area contributed by atoms with E-state index >= 15 is 0 Å². The van der Waals surface area contributed by atoms with Crippen LogP contribution in [-0.2, 0) is 6.18 Å². The quantitative estimate of drug-likeness (QED) is 0.562. The lowest BCUT2D eigenvalue weighted by Gasteiger charge is -2.17. The Bertz CT molecular complexity index is 847. The lowest BCUT2D eigenvalue weighted by molar-refractivity contribution is -0.137. The third-order valence-corrected chi connectivity index (χ3v) is 5.00. The molecule has 0 spiro atoms. The summed E-state index contributed by atoms with van der Waals surface area (Å²) in [5.74, 6) is 0.467. The van der Waals surface area contributed by atoms with E-state index in [2.05, 4.69) is 0 Å². The van der Waals surface area contributed by atoms with Gasteiger partial charge in [-0.3, -0.25) is 9.59 Å². The molecule has 3 nitrogen and oxygen atoms in total. The molecule has 0 atom stereocenters. The van der Waals surface area contributed by atoms with Crippen LogP contribution in [0.2, 0.25) is 0 Å². The van der Waals surface area contributed by atoms with Crippen molar-refractivity contribution in [3.8, 4) is 5.75 Å². The molecule has 0 saturated carbocycles. The van der Waals surface area contributed by atoms with Gasteiger partial charge in [-0.15, -0.1) is 11.8 Å². The van der Waals surface area contributed by atoms with Crippen LogP contribution < -0.4 is 4.74 Å². The lowest BCUT2D eigenvalue weighted by atomic mass is 9.98. The molecule has 28 heavy (non-hydrogen) atoms. The van der Waals surface area contributed by atoms with E-state index in [1.807, 2.05) is 13.8 Å². The van der Waals surface area contributed by atoms with Crippen LogP contribution in [0, 0.1) is 0 Å². The summed E-state index contributed by atoms with van der Waals surface area (Å²) in [6.07, 6.45) is -5.04. The largest absolute Gasteiger partial charge is 0.492 e. The average Bonchev–Trinajstić information content (AvgIpc) is 2.72. The normalized spacial score (nSPS) is 12.9. The fourth-order valence-corrected chi connectivity index (χ4v) is 3.51. The Hall–Kier alpha value is -2.28. The van der Waals surface area contributed by atoms with Gasteiger partial charge in [0.05, 0.1) is 12.2 Å². The summed E-state index contributed by atoms with van der Waals surface area (Å²) in [4.78, 5) is 25.5. The zero-order valence-electron chi connectivity index (χ0n) is 15.6. The molecule has 2 aromatic rings. The molecule has 0 aliphatic carbocycles. The van der Waals surface area contributed by atoms with Crippen molar-refractivity contribution in [3.63, 3.8) is 0 Å². The highest BCUT2D eigenvalue weighted by Gasteiger charge is 2.34. The van der Waals surface area contributed by atoms with Gasteiger partial charge in [0, 0.05) is 34.6 Å². The summed E-state index contributed by atoms with van der Waals surface area (Å²) >= 11 is 1.63. The summed E-state index contributed by atoms with van der Waals surface area (Å²) in [6.45, 7) is 4.56. The SMILES string of the molecule is CC.O=C(CCC(=O)c1ccccc1C(F)(F)F)c1ccc2c(c1)OCCS2. The minimum atomic E-state index is -4.61. The molecule has 0 unspecified atom stereocenters. The monoisotopic (exact) mass is 410 g/mol. The minimum absolute atomic E-state index is 0.156. The number of fused-ring (bicyclic) bond motifs is 1. The maximum Gasteiger partial charge on any atom is 0.417 e. The predicted molar refractivity (Wildman–Crippen MR) is 103 cm³/mol. The van der Waals surface area contributed by atoms with E-state index < -0.39 is 23.1 Å². The summed E-state index contributed by atoms with van der Waals surface area (Å²) in [6, 6.07) is 9.67. The molecule has 0 bridgehead atoms. The smallest absolute Gasteiger partial charge is 0.417 e. The highest BCUT2D eigenvalue weighted by Crippen LogP contribution is 2.34. The number of ketones is 2. The van der Waals surface area contributed by atoms with E-state index in [1.54, 1.807) is 30.0 Å². The fraction of sp³-hybridized carbons (Fsp3) is 0.333. The predicted octanol–water partition coefficient (Wildman–Crippen LogP) is 6.06. The Morgan fingerprint density at radius 1 is 1.04 bits per heavy atom. The molecule has 150 valence electrons. The van der Waals surface area contributed by atoms with Gasteiger partial charge in [-0.2, -0.15) is 13.2 Å². The Kier molecular flexibility index (Phi) is 7.69. The maximum atomic E-state index is 13.0. The Labute approximate surface area is 166 Å². The van der Waals surface area contributed by atoms with Crippen LogP contribution in [0.1, 0.15) is 53.0 Å². The van der Waals surface area contributed by atoms with Crippen molar-refractivity contribution in [2.75, 3.05) is 12.4 Å². The molecule has 2 aromatic carbocycles. The fourth-order valence-electron chi connectivity index (χ4n) is 2.70. The molecule has 0 aromatic heterocycles. The van der Waals surface area contributed by atoms with Crippen molar-refractivity contribution in [3.05, 3.63) is 59.2 Å². The van der Waals surface area contributed by atoms with Crippen LogP contribution in [0.3, 0.4) is 0 Å². The summed E-state index contributed by atoms with van der Waals surface area (Å²) in [5, 5.41) is 0. The molecule has 7 heteroatoms. The van der Waals surface area contributed by atoms with E-state index in [1.165, 1.54) is 12.1 Å². The van der Waals surface area contributed by atoms with Crippen molar-refractivity contribution in [2.45, 2.75) is 37.8 Å². The third kappa shape index (κ3) is 5.38. The standard InChI is InChI=1S/C19H15F3O3S.C2H6/c20-19(21,22)14-4-2-1-3-13(14)16(24)7-6-15(23)12-5-8-18-17(11-12)25-9-10-26-18;1-2/h1-5,8,11H,6-7,9-10H2;1-2H3. The molecule has 3 rings (SSSR count). The van der Waals surface area contributed by atoms with Crippen LogP contribution >= 0.6 is 11.8 Å². The zero-order chi connectivity index (χ0) is 20.7. The van der Waals surface area contributed by atoms with Gasteiger partial charge in [0.25, 0.3) is 0 Å². The number of carbonyl (C=O) groups excluding carboxylic acids is 2. The molecule has 0 amide bonds. The number of ether oxygens (including phenoxy) is 1.